The highest BCUT2D eigenvalue weighted by molar-refractivity contribution is 5.92. The van der Waals surface area contributed by atoms with Crippen molar-refractivity contribution in [3.63, 3.8) is 0 Å². The fourth-order valence-electron chi connectivity index (χ4n) is 3.51. The highest BCUT2D eigenvalue weighted by atomic mass is 16.5. The van der Waals surface area contributed by atoms with Crippen LogP contribution in [0, 0.1) is 17.8 Å². The number of carbonyl (C=O) groups is 2. The van der Waals surface area contributed by atoms with E-state index in [1.807, 2.05) is 29.2 Å². The SMILES string of the molecule is COc1cccc(CCNC(=O)C2CC2C(=O)N2CCC(C)CC2)c1. The molecule has 0 bridgehead atoms. The summed E-state index contributed by atoms with van der Waals surface area (Å²) in [7, 11) is 1.65. The largest absolute Gasteiger partial charge is 0.497 e. The van der Waals surface area contributed by atoms with E-state index in [0.29, 0.717) is 18.9 Å². The van der Waals surface area contributed by atoms with Gasteiger partial charge in [-0.25, -0.2) is 0 Å². The lowest BCUT2D eigenvalue weighted by molar-refractivity contribution is -0.135. The van der Waals surface area contributed by atoms with E-state index in [0.717, 1.165) is 43.7 Å². The molecule has 1 N–H and O–H groups in total. The molecule has 1 saturated heterocycles. The van der Waals surface area contributed by atoms with Crippen molar-refractivity contribution >= 4 is 11.8 Å². The van der Waals surface area contributed by atoms with Crippen molar-refractivity contribution < 1.29 is 14.3 Å². The number of nitrogens with zero attached hydrogens (tertiary/aromatic N) is 1. The second kappa shape index (κ2) is 7.89. The average Bonchev–Trinajstić information content (AvgIpc) is 3.43. The zero-order valence-corrected chi connectivity index (χ0v) is 15.2. The maximum absolute atomic E-state index is 12.5. The maximum atomic E-state index is 12.5. The van der Waals surface area contributed by atoms with Crippen LogP contribution in [0.5, 0.6) is 5.75 Å². The molecule has 2 atom stereocenters. The van der Waals surface area contributed by atoms with Crippen molar-refractivity contribution in [2.75, 3.05) is 26.7 Å². The van der Waals surface area contributed by atoms with E-state index < -0.39 is 0 Å². The molecule has 2 fully saturated rings. The summed E-state index contributed by atoms with van der Waals surface area (Å²) in [5.41, 5.74) is 1.13. The monoisotopic (exact) mass is 344 g/mol. The van der Waals surface area contributed by atoms with Crippen LogP contribution in [0.1, 0.15) is 31.7 Å². The van der Waals surface area contributed by atoms with Crippen molar-refractivity contribution in [3.8, 4) is 5.75 Å². The van der Waals surface area contributed by atoms with E-state index in [9.17, 15) is 9.59 Å². The Labute approximate surface area is 149 Å². The van der Waals surface area contributed by atoms with E-state index in [-0.39, 0.29) is 23.7 Å². The van der Waals surface area contributed by atoms with Crippen LogP contribution in [0.15, 0.2) is 24.3 Å². The summed E-state index contributed by atoms with van der Waals surface area (Å²) >= 11 is 0. The lowest BCUT2D eigenvalue weighted by Crippen LogP contribution is -2.39. The number of ether oxygens (including phenoxy) is 1. The molecule has 0 radical (unpaired) electrons. The molecule has 2 amide bonds. The van der Waals surface area contributed by atoms with Crippen LogP contribution in [0.3, 0.4) is 0 Å². The normalized spacial score (nSPS) is 23.2. The molecule has 1 heterocycles. The van der Waals surface area contributed by atoms with E-state index >= 15 is 0 Å². The Morgan fingerprint density at radius 1 is 1.24 bits per heavy atom. The number of carbonyl (C=O) groups excluding carboxylic acids is 2. The summed E-state index contributed by atoms with van der Waals surface area (Å²) in [5.74, 6) is 1.51. The molecule has 1 saturated carbocycles. The lowest BCUT2D eigenvalue weighted by Gasteiger charge is -2.30. The van der Waals surface area contributed by atoms with Gasteiger partial charge < -0.3 is 15.0 Å². The predicted octanol–water partition coefficient (Wildman–Crippen LogP) is 2.25. The van der Waals surface area contributed by atoms with E-state index in [4.69, 9.17) is 4.74 Å². The van der Waals surface area contributed by atoms with Gasteiger partial charge in [0.05, 0.1) is 18.9 Å². The van der Waals surface area contributed by atoms with Crippen molar-refractivity contribution in [1.29, 1.82) is 0 Å². The lowest BCUT2D eigenvalue weighted by atomic mass is 9.99. The topological polar surface area (TPSA) is 58.6 Å². The molecule has 1 aromatic carbocycles. The molecular formula is C20H28N2O3. The molecule has 1 aliphatic heterocycles. The van der Waals surface area contributed by atoms with Gasteiger partial charge in [0.2, 0.25) is 11.8 Å². The van der Waals surface area contributed by atoms with Crippen molar-refractivity contribution in [1.82, 2.24) is 10.2 Å². The number of hydrogen-bond acceptors (Lipinski definition) is 3. The predicted molar refractivity (Wildman–Crippen MR) is 96.3 cm³/mol. The summed E-state index contributed by atoms with van der Waals surface area (Å²) in [4.78, 5) is 26.7. The Balaban J connectivity index is 1.40. The molecule has 2 aliphatic rings. The highest BCUT2D eigenvalue weighted by Gasteiger charge is 2.49. The molecule has 0 aromatic heterocycles. The minimum absolute atomic E-state index is 0.0200. The van der Waals surface area contributed by atoms with Gasteiger partial charge in [-0.3, -0.25) is 9.59 Å². The van der Waals surface area contributed by atoms with E-state index in [2.05, 4.69) is 12.2 Å². The van der Waals surface area contributed by atoms with Gasteiger partial charge in [0.1, 0.15) is 5.75 Å². The van der Waals surface area contributed by atoms with Crippen molar-refractivity contribution in [2.24, 2.45) is 17.8 Å². The average molecular weight is 344 g/mol. The second-order valence-electron chi connectivity index (χ2n) is 7.35. The number of rotatable bonds is 6. The zero-order valence-electron chi connectivity index (χ0n) is 15.2. The summed E-state index contributed by atoms with van der Waals surface area (Å²) in [6.07, 6.45) is 3.62. The third-order valence-electron chi connectivity index (χ3n) is 5.39. The van der Waals surface area contributed by atoms with Crippen LogP contribution in [0.25, 0.3) is 0 Å². The van der Waals surface area contributed by atoms with Gasteiger partial charge in [0.15, 0.2) is 0 Å². The summed E-state index contributed by atoms with van der Waals surface area (Å²) in [5, 5.41) is 2.97. The van der Waals surface area contributed by atoms with Gasteiger partial charge in [0, 0.05) is 19.6 Å². The Morgan fingerprint density at radius 2 is 2.00 bits per heavy atom. The Bertz CT molecular complexity index is 623. The van der Waals surface area contributed by atoms with Crippen molar-refractivity contribution in [2.45, 2.75) is 32.6 Å². The van der Waals surface area contributed by atoms with Crippen LogP contribution in [0.4, 0.5) is 0 Å². The first-order valence-corrected chi connectivity index (χ1v) is 9.28. The molecule has 3 rings (SSSR count). The first kappa shape index (κ1) is 17.8. The standard InChI is InChI=1S/C20H28N2O3/c1-14-7-10-22(11-8-14)20(24)18-13-17(18)19(23)21-9-6-15-4-3-5-16(12-15)25-2/h3-5,12,14,17-18H,6-11,13H2,1-2H3,(H,21,23). The van der Waals surface area contributed by atoms with Gasteiger partial charge in [-0.1, -0.05) is 19.1 Å². The Morgan fingerprint density at radius 3 is 2.72 bits per heavy atom. The number of likely N-dealkylation sites (tertiary alicyclic amines) is 1. The fraction of sp³-hybridized carbons (Fsp3) is 0.600. The van der Waals surface area contributed by atoms with Gasteiger partial charge in [-0.05, 0) is 49.3 Å². The quantitative estimate of drug-likeness (QED) is 0.861. The minimum atomic E-state index is -0.128. The molecule has 0 spiro atoms. The summed E-state index contributed by atoms with van der Waals surface area (Å²) < 4.78 is 5.21. The van der Waals surface area contributed by atoms with E-state index in [1.165, 1.54) is 0 Å². The highest BCUT2D eigenvalue weighted by Crippen LogP contribution is 2.40. The van der Waals surface area contributed by atoms with Gasteiger partial charge >= 0.3 is 0 Å². The number of methoxy groups -OCH3 is 1. The molecule has 136 valence electrons. The number of piperidine rings is 1. The number of benzene rings is 1. The number of hydrogen-bond donors (Lipinski definition) is 1. The van der Waals surface area contributed by atoms with Crippen LogP contribution in [0.2, 0.25) is 0 Å². The van der Waals surface area contributed by atoms with Crippen LogP contribution in [-0.4, -0.2) is 43.5 Å². The molecular weight excluding hydrogens is 316 g/mol. The molecule has 2 unspecified atom stereocenters. The molecule has 25 heavy (non-hydrogen) atoms. The summed E-state index contributed by atoms with van der Waals surface area (Å²) in [6.45, 7) is 4.52. The minimum Gasteiger partial charge on any atom is -0.497 e. The summed E-state index contributed by atoms with van der Waals surface area (Å²) in [6, 6.07) is 7.86. The van der Waals surface area contributed by atoms with Crippen LogP contribution < -0.4 is 10.1 Å². The first-order chi connectivity index (χ1) is 12.1. The van der Waals surface area contributed by atoms with E-state index in [1.54, 1.807) is 7.11 Å². The molecule has 1 aromatic rings. The van der Waals surface area contributed by atoms with Gasteiger partial charge in [0.25, 0.3) is 0 Å². The maximum Gasteiger partial charge on any atom is 0.226 e. The first-order valence-electron chi connectivity index (χ1n) is 9.28. The van der Waals surface area contributed by atoms with Gasteiger partial charge in [-0.2, -0.15) is 0 Å². The third-order valence-corrected chi connectivity index (χ3v) is 5.39. The Hall–Kier alpha value is -2.04. The van der Waals surface area contributed by atoms with Crippen molar-refractivity contribution in [3.05, 3.63) is 29.8 Å². The number of amides is 2. The number of nitrogens with one attached hydrogen (secondary N) is 1. The molecule has 1 aliphatic carbocycles. The zero-order chi connectivity index (χ0) is 17.8. The Kier molecular flexibility index (Phi) is 5.61. The van der Waals surface area contributed by atoms with Crippen LogP contribution >= 0.6 is 0 Å². The molecule has 5 nitrogen and oxygen atoms in total. The second-order valence-corrected chi connectivity index (χ2v) is 7.35. The smallest absolute Gasteiger partial charge is 0.226 e. The third kappa shape index (κ3) is 4.53. The molecule has 5 heteroatoms. The fourth-order valence-corrected chi connectivity index (χ4v) is 3.51. The van der Waals surface area contributed by atoms with Crippen LogP contribution in [-0.2, 0) is 16.0 Å². The van der Waals surface area contributed by atoms with Gasteiger partial charge in [-0.15, -0.1) is 0 Å².